The molecular formula is C13H26N2O3. The predicted octanol–water partition coefficient (Wildman–Crippen LogP) is 0.390. The number of aliphatic hydroxyl groups excluding tert-OH is 1. The molecular weight excluding hydrogens is 232 g/mol. The van der Waals surface area contributed by atoms with E-state index >= 15 is 0 Å². The summed E-state index contributed by atoms with van der Waals surface area (Å²) in [4.78, 5) is 12.8. The number of carboxylic acids is 1. The monoisotopic (exact) mass is 258 g/mol. The van der Waals surface area contributed by atoms with Crippen molar-refractivity contribution in [3.8, 4) is 0 Å². The molecule has 2 unspecified atom stereocenters. The van der Waals surface area contributed by atoms with Crippen LogP contribution in [0.25, 0.3) is 0 Å². The number of rotatable bonds is 7. The van der Waals surface area contributed by atoms with E-state index in [2.05, 4.69) is 19.2 Å². The number of nitrogens with zero attached hydrogens (tertiary/aromatic N) is 1. The van der Waals surface area contributed by atoms with Crippen LogP contribution in [0.3, 0.4) is 0 Å². The van der Waals surface area contributed by atoms with Gasteiger partial charge >= 0.3 is 5.97 Å². The Balaban J connectivity index is 2.48. The van der Waals surface area contributed by atoms with E-state index < -0.39 is 5.97 Å². The lowest BCUT2D eigenvalue weighted by atomic mass is 9.85. The van der Waals surface area contributed by atoms with Crippen LogP contribution in [0.5, 0.6) is 0 Å². The molecule has 0 aliphatic carbocycles. The van der Waals surface area contributed by atoms with Crippen molar-refractivity contribution in [3.05, 3.63) is 0 Å². The highest BCUT2D eigenvalue weighted by molar-refractivity contribution is 5.69. The van der Waals surface area contributed by atoms with Crippen LogP contribution in [-0.2, 0) is 4.79 Å². The highest BCUT2D eigenvalue weighted by Crippen LogP contribution is 2.23. The Bertz CT molecular complexity index is 259. The van der Waals surface area contributed by atoms with Crippen LogP contribution in [0, 0.1) is 11.8 Å². The average molecular weight is 258 g/mol. The topological polar surface area (TPSA) is 72.8 Å². The zero-order valence-corrected chi connectivity index (χ0v) is 11.4. The first-order chi connectivity index (χ1) is 8.52. The summed E-state index contributed by atoms with van der Waals surface area (Å²) < 4.78 is 0. The smallest absolute Gasteiger partial charge is 0.317 e. The lowest BCUT2D eigenvalue weighted by molar-refractivity contribution is -0.139. The normalized spacial score (nSPS) is 25.6. The van der Waals surface area contributed by atoms with Crippen LogP contribution < -0.4 is 5.32 Å². The fourth-order valence-corrected chi connectivity index (χ4v) is 2.57. The zero-order valence-electron chi connectivity index (χ0n) is 11.4. The number of hydrogen-bond donors (Lipinski definition) is 3. The molecule has 1 aliphatic heterocycles. The number of aliphatic hydroxyl groups is 1. The van der Waals surface area contributed by atoms with E-state index in [1.54, 1.807) is 0 Å². The maximum absolute atomic E-state index is 10.8. The van der Waals surface area contributed by atoms with Crippen molar-refractivity contribution in [2.45, 2.75) is 32.7 Å². The molecule has 1 saturated heterocycles. The minimum absolute atomic E-state index is 0.126. The lowest BCUT2D eigenvalue weighted by Gasteiger charge is -2.39. The highest BCUT2D eigenvalue weighted by Gasteiger charge is 2.29. The van der Waals surface area contributed by atoms with E-state index in [1.807, 2.05) is 4.90 Å². The second-order valence-corrected chi connectivity index (χ2v) is 5.56. The standard InChI is InChI=1S/C13H26N2O3/c1-10(2)11-6-12(14-4-3-5-16)8-15(7-11)9-13(17)18/h10-12,14,16H,3-9H2,1-2H3,(H,17,18). The number of nitrogens with one attached hydrogen (secondary N) is 1. The molecule has 0 saturated carbocycles. The number of carboxylic acid groups (broad SMARTS) is 1. The molecule has 18 heavy (non-hydrogen) atoms. The summed E-state index contributed by atoms with van der Waals surface area (Å²) in [6.45, 7) is 7.18. The Kier molecular flexibility index (Phi) is 6.60. The van der Waals surface area contributed by atoms with Crippen molar-refractivity contribution < 1.29 is 15.0 Å². The summed E-state index contributed by atoms with van der Waals surface area (Å²) in [5.41, 5.74) is 0. The van der Waals surface area contributed by atoms with Crippen LogP contribution in [0.4, 0.5) is 0 Å². The molecule has 0 aromatic heterocycles. The minimum atomic E-state index is -0.756. The van der Waals surface area contributed by atoms with Gasteiger partial charge in [-0.2, -0.15) is 0 Å². The molecule has 5 heteroatoms. The van der Waals surface area contributed by atoms with Crippen molar-refractivity contribution in [1.29, 1.82) is 0 Å². The molecule has 0 radical (unpaired) electrons. The number of aliphatic carboxylic acids is 1. The fraction of sp³-hybridized carbons (Fsp3) is 0.923. The van der Waals surface area contributed by atoms with Gasteiger partial charge in [-0.05, 0) is 31.2 Å². The van der Waals surface area contributed by atoms with Crippen LogP contribution >= 0.6 is 0 Å². The van der Waals surface area contributed by atoms with E-state index in [1.165, 1.54) is 0 Å². The maximum atomic E-state index is 10.8. The summed E-state index contributed by atoms with van der Waals surface area (Å²) in [5, 5.41) is 21.1. The summed E-state index contributed by atoms with van der Waals surface area (Å²) in [7, 11) is 0. The van der Waals surface area contributed by atoms with Crippen LogP contribution in [-0.4, -0.2) is 59.9 Å². The molecule has 0 amide bonds. The first-order valence-corrected chi connectivity index (χ1v) is 6.81. The Hall–Kier alpha value is -0.650. The maximum Gasteiger partial charge on any atom is 0.317 e. The Morgan fingerprint density at radius 3 is 2.72 bits per heavy atom. The quantitative estimate of drug-likeness (QED) is 0.576. The number of piperidine rings is 1. The van der Waals surface area contributed by atoms with E-state index in [-0.39, 0.29) is 13.2 Å². The summed E-state index contributed by atoms with van der Waals surface area (Å²) >= 11 is 0. The fourth-order valence-electron chi connectivity index (χ4n) is 2.57. The van der Waals surface area contributed by atoms with Crippen LogP contribution in [0.2, 0.25) is 0 Å². The van der Waals surface area contributed by atoms with Gasteiger partial charge in [-0.3, -0.25) is 9.69 Å². The average Bonchev–Trinajstić information content (AvgIpc) is 2.28. The molecule has 3 N–H and O–H groups in total. The van der Waals surface area contributed by atoms with Gasteiger partial charge < -0.3 is 15.5 Å². The first-order valence-electron chi connectivity index (χ1n) is 6.81. The molecule has 0 bridgehead atoms. The molecule has 106 valence electrons. The third-order valence-corrected chi connectivity index (χ3v) is 3.63. The highest BCUT2D eigenvalue weighted by atomic mass is 16.4. The summed E-state index contributed by atoms with van der Waals surface area (Å²) in [6, 6.07) is 0.344. The van der Waals surface area contributed by atoms with E-state index in [9.17, 15) is 4.79 Å². The van der Waals surface area contributed by atoms with Crippen molar-refractivity contribution in [2.75, 3.05) is 32.8 Å². The minimum Gasteiger partial charge on any atom is -0.480 e. The predicted molar refractivity (Wildman–Crippen MR) is 70.5 cm³/mol. The van der Waals surface area contributed by atoms with Crippen molar-refractivity contribution in [2.24, 2.45) is 11.8 Å². The Morgan fingerprint density at radius 1 is 1.44 bits per heavy atom. The summed E-state index contributed by atoms with van der Waals surface area (Å²) in [6.07, 6.45) is 1.85. The van der Waals surface area contributed by atoms with Gasteiger partial charge in [-0.15, -0.1) is 0 Å². The van der Waals surface area contributed by atoms with Gasteiger partial charge in [0.25, 0.3) is 0 Å². The summed E-state index contributed by atoms with van der Waals surface area (Å²) in [5.74, 6) is 0.363. The Labute approximate surface area is 109 Å². The van der Waals surface area contributed by atoms with Gasteiger partial charge in [-0.25, -0.2) is 0 Å². The van der Waals surface area contributed by atoms with E-state index in [4.69, 9.17) is 10.2 Å². The molecule has 1 fully saturated rings. The Morgan fingerprint density at radius 2 is 2.17 bits per heavy atom. The van der Waals surface area contributed by atoms with Crippen molar-refractivity contribution >= 4 is 5.97 Å². The lowest BCUT2D eigenvalue weighted by Crippen LogP contribution is -2.51. The second-order valence-electron chi connectivity index (χ2n) is 5.56. The first kappa shape index (κ1) is 15.4. The van der Waals surface area contributed by atoms with Crippen molar-refractivity contribution in [1.82, 2.24) is 10.2 Å². The number of carbonyl (C=O) groups is 1. The number of likely N-dealkylation sites (tertiary alicyclic amines) is 1. The molecule has 5 nitrogen and oxygen atoms in total. The molecule has 1 aliphatic rings. The van der Waals surface area contributed by atoms with Gasteiger partial charge in [0, 0.05) is 25.7 Å². The number of hydrogen-bond acceptors (Lipinski definition) is 4. The molecule has 0 aromatic rings. The molecule has 0 spiro atoms. The van der Waals surface area contributed by atoms with Gasteiger partial charge in [0.1, 0.15) is 0 Å². The van der Waals surface area contributed by atoms with Gasteiger partial charge in [-0.1, -0.05) is 13.8 Å². The van der Waals surface area contributed by atoms with Gasteiger partial charge in [0.15, 0.2) is 0 Å². The molecule has 1 rings (SSSR count). The van der Waals surface area contributed by atoms with Crippen LogP contribution in [0.15, 0.2) is 0 Å². The molecule has 1 heterocycles. The third kappa shape index (κ3) is 5.33. The zero-order chi connectivity index (χ0) is 13.5. The third-order valence-electron chi connectivity index (χ3n) is 3.63. The van der Waals surface area contributed by atoms with E-state index in [0.29, 0.717) is 17.9 Å². The molecule has 2 atom stereocenters. The van der Waals surface area contributed by atoms with Gasteiger partial charge in [0.05, 0.1) is 6.54 Å². The molecule has 0 aromatic carbocycles. The second kappa shape index (κ2) is 7.71. The van der Waals surface area contributed by atoms with Crippen molar-refractivity contribution in [3.63, 3.8) is 0 Å². The SMILES string of the molecule is CC(C)C1CC(NCCCO)CN(CC(=O)O)C1. The van der Waals surface area contributed by atoms with E-state index in [0.717, 1.165) is 32.5 Å². The van der Waals surface area contributed by atoms with Gasteiger partial charge in [0.2, 0.25) is 0 Å². The van der Waals surface area contributed by atoms with Crippen LogP contribution in [0.1, 0.15) is 26.7 Å². The largest absolute Gasteiger partial charge is 0.480 e.